The van der Waals surface area contributed by atoms with Crippen molar-refractivity contribution in [2.75, 3.05) is 31.5 Å². The van der Waals surface area contributed by atoms with Crippen molar-refractivity contribution < 1.29 is 9.59 Å². The first kappa shape index (κ1) is 22.1. The minimum atomic E-state index is -0.0980. The molecular weight excluding hydrogens is 348 g/mol. The molecule has 0 unspecified atom stereocenters. The van der Waals surface area contributed by atoms with Crippen LogP contribution in [-0.4, -0.2) is 48.0 Å². The van der Waals surface area contributed by atoms with Crippen LogP contribution in [0.1, 0.15) is 50.4 Å². The Balaban J connectivity index is 2.43. The van der Waals surface area contributed by atoms with Crippen molar-refractivity contribution in [3.05, 3.63) is 29.8 Å². The zero-order chi connectivity index (χ0) is 19.4. The van der Waals surface area contributed by atoms with E-state index in [1.165, 1.54) is 0 Å². The van der Waals surface area contributed by atoms with E-state index in [9.17, 15) is 9.59 Å². The molecule has 0 aliphatic carbocycles. The molecule has 0 aliphatic heterocycles. The van der Waals surface area contributed by atoms with Gasteiger partial charge in [0.1, 0.15) is 0 Å². The summed E-state index contributed by atoms with van der Waals surface area (Å²) in [7, 11) is 0. The number of nitrogens with one attached hydrogen (secondary N) is 3. The standard InChI is InChI=1S/C19H30N4O2S/c1-4-7-8-17(24)22-19(26)21-16-11-9-15(10-12-16)18(25)20-13-14-23(5-2)6-3/h9-12H,4-8,13-14H2,1-3H3,(H,20,25)(H2,21,22,24,26). The third kappa shape index (κ3) is 8.40. The maximum Gasteiger partial charge on any atom is 0.251 e. The van der Waals surface area contributed by atoms with Gasteiger partial charge >= 0.3 is 0 Å². The SMILES string of the molecule is CCCCC(=O)NC(=S)Nc1ccc(C(=O)NCCN(CC)CC)cc1. The Bertz CT molecular complexity index is 586. The van der Waals surface area contributed by atoms with Gasteiger partial charge in [0, 0.05) is 30.8 Å². The van der Waals surface area contributed by atoms with E-state index in [4.69, 9.17) is 12.2 Å². The molecule has 0 fully saturated rings. The number of hydrogen-bond donors (Lipinski definition) is 3. The Morgan fingerprint density at radius 3 is 2.31 bits per heavy atom. The summed E-state index contributed by atoms with van der Waals surface area (Å²) < 4.78 is 0. The highest BCUT2D eigenvalue weighted by Crippen LogP contribution is 2.09. The summed E-state index contributed by atoms with van der Waals surface area (Å²) in [4.78, 5) is 26.0. The van der Waals surface area contributed by atoms with Crippen LogP contribution in [0.25, 0.3) is 0 Å². The fourth-order valence-corrected chi connectivity index (χ4v) is 2.59. The van der Waals surface area contributed by atoms with Crippen molar-refractivity contribution in [2.45, 2.75) is 40.0 Å². The molecule has 2 amide bonds. The van der Waals surface area contributed by atoms with Crippen LogP contribution in [0.5, 0.6) is 0 Å². The summed E-state index contributed by atoms with van der Waals surface area (Å²) >= 11 is 5.12. The van der Waals surface area contributed by atoms with Crippen LogP contribution in [0.15, 0.2) is 24.3 Å². The number of hydrogen-bond acceptors (Lipinski definition) is 4. The fraction of sp³-hybridized carbons (Fsp3) is 0.526. The highest BCUT2D eigenvalue weighted by Gasteiger charge is 2.07. The monoisotopic (exact) mass is 378 g/mol. The zero-order valence-corrected chi connectivity index (χ0v) is 16.7. The number of carbonyl (C=O) groups is 2. The molecule has 0 atom stereocenters. The maximum atomic E-state index is 12.1. The third-order valence-electron chi connectivity index (χ3n) is 4.02. The molecule has 3 N–H and O–H groups in total. The van der Waals surface area contributed by atoms with E-state index in [1.807, 2.05) is 6.92 Å². The molecule has 1 aromatic rings. The molecule has 144 valence electrons. The molecule has 1 rings (SSSR count). The minimum absolute atomic E-state index is 0.0893. The van der Waals surface area contributed by atoms with Gasteiger partial charge in [0.25, 0.3) is 5.91 Å². The summed E-state index contributed by atoms with van der Waals surface area (Å²) in [5, 5.41) is 8.78. The Morgan fingerprint density at radius 2 is 1.73 bits per heavy atom. The van der Waals surface area contributed by atoms with Crippen molar-refractivity contribution in [3.8, 4) is 0 Å². The maximum absolute atomic E-state index is 12.1. The summed E-state index contributed by atoms with van der Waals surface area (Å²) in [5.74, 6) is -0.187. The van der Waals surface area contributed by atoms with Gasteiger partial charge in [0.2, 0.25) is 5.91 Å². The number of carbonyl (C=O) groups excluding carboxylic acids is 2. The lowest BCUT2D eigenvalue weighted by Gasteiger charge is -2.18. The number of likely N-dealkylation sites (N-methyl/N-ethyl adjacent to an activating group) is 1. The summed E-state index contributed by atoms with van der Waals surface area (Å²) in [6.45, 7) is 9.65. The van der Waals surface area contributed by atoms with E-state index >= 15 is 0 Å². The quantitative estimate of drug-likeness (QED) is 0.546. The van der Waals surface area contributed by atoms with E-state index in [0.717, 1.165) is 38.2 Å². The van der Waals surface area contributed by atoms with E-state index in [1.54, 1.807) is 24.3 Å². The predicted octanol–water partition coefficient (Wildman–Crippen LogP) is 2.76. The molecule has 0 aliphatic rings. The van der Waals surface area contributed by atoms with Gasteiger partial charge in [0.15, 0.2) is 5.11 Å². The number of unbranched alkanes of at least 4 members (excludes halogenated alkanes) is 1. The Labute approximate surface area is 161 Å². The van der Waals surface area contributed by atoms with Crippen LogP contribution in [0.2, 0.25) is 0 Å². The van der Waals surface area contributed by atoms with E-state index in [0.29, 0.717) is 18.5 Å². The van der Waals surface area contributed by atoms with Gasteiger partial charge < -0.3 is 20.9 Å². The van der Waals surface area contributed by atoms with Gasteiger partial charge in [-0.1, -0.05) is 27.2 Å². The molecular formula is C19H30N4O2S. The lowest BCUT2D eigenvalue weighted by atomic mass is 10.2. The molecule has 0 aromatic heterocycles. The van der Waals surface area contributed by atoms with Gasteiger partial charge in [0.05, 0.1) is 0 Å². The normalized spacial score (nSPS) is 10.5. The summed E-state index contributed by atoms with van der Waals surface area (Å²) in [6, 6.07) is 7.00. The van der Waals surface area contributed by atoms with Gasteiger partial charge in [-0.25, -0.2) is 0 Å². The number of nitrogens with zero attached hydrogens (tertiary/aromatic N) is 1. The first-order valence-corrected chi connectivity index (χ1v) is 9.62. The van der Waals surface area contributed by atoms with E-state index in [-0.39, 0.29) is 16.9 Å². The lowest BCUT2D eigenvalue weighted by Crippen LogP contribution is -2.35. The number of thiocarbonyl (C=S) groups is 1. The smallest absolute Gasteiger partial charge is 0.251 e. The Morgan fingerprint density at radius 1 is 1.08 bits per heavy atom. The molecule has 0 heterocycles. The van der Waals surface area contributed by atoms with Crippen molar-refractivity contribution in [3.63, 3.8) is 0 Å². The van der Waals surface area contributed by atoms with Gasteiger partial charge in [-0.05, 0) is 56.0 Å². The molecule has 0 radical (unpaired) electrons. The van der Waals surface area contributed by atoms with Crippen molar-refractivity contribution >= 4 is 34.8 Å². The van der Waals surface area contributed by atoms with Gasteiger partial charge in [-0.3, -0.25) is 9.59 Å². The van der Waals surface area contributed by atoms with Crippen molar-refractivity contribution in [1.29, 1.82) is 0 Å². The molecule has 26 heavy (non-hydrogen) atoms. The second kappa shape index (κ2) is 12.4. The summed E-state index contributed by atoms with van der Waals surface area (Å²) in [6.07, 6.45) is 2.27. The molecule has 0 bridgehead atoms. The van der Waals surface area contributed by atoms with E-state index in [2.05, 4.69) is 34.7 Å². The minimum Gasteiger partial charge on any atom is -0.351 e. The average molecular weight is 379 g/mol. The predicted molar refractivity (Wildman–Crippen MR) is 110 cm³/mol. The first-order valence-electron chi connectivity index (χ1n) is 9.21. The molecule has 0 saturated carbocycles. The Kier molecular flexibility index (Phi) is 10.5. The average Bonchev–Trinajstić information content (AvgIpc) is 2.63. The van der Waals surface area contributed by atoms with Crippen molar-refractivity contribution in [2.24, 2.45) is 0 Å². The van der Waals surface area contributed by atoms with Crippen LogP contribution in [0.3, 0.4) is 0 Å². The molecule has 6 nitrogen and oxygen atoms in total. The largest absolute Gasteiger partial charge is 0.351 e. The van der Waals surface area contributed by atoms with Crippen LogP contribution < -0.4 is 16.0 Å². The zero-order valence-electron chi connectivity index (χ0n) is 15.9. The lowest BCUT2D eigenvalue weighted by molar-refractivity contribution is -0.119. The van der Waals surface area contributed by atoms with Crippen LogP contribution >= 0.6 is 12.2 Å². The molecule has 0 spiro atoms. The number of amides is 2. The number of anilines is 1. The van der Waals surface area contributed by atoms with Crippen LogP contribution in [0, 0.1) is 0 Å². The number of rotatable bonds is 10. The third-order valence-corrected chi connectivity index (χ3v) is 4.23. The fourth-order valence-electron chi connectivity index (χ4n) is 2.36. The van der Waals surface area contributed by atoms with Gasteiger partial charge in [-0.15, -0.1) is 0 Å². The first-order chi connectivity index (χ1) is 12.5. The molecule has 1 aromatic carbocycles. The highest BCUT2D eigenvalue weighted by atomic mass is 32.1. The van der Waals surface area contributed by atoms with Crippen LogP contribution in [0.4, 0.5) is 5.69 Å². The topological polar surface area (TPSA) is 73.5 Å². The second-order valence-corrected chi connectivity index (χ2v) is 6.37. The molecule has 7 heteroatoms. The van der Waals surface area contributed by atoms with Gasteiger partial charge in [-0.2, -0.15) is 0 Å². The Hall–Kier alpha value is -1.99. The summed E-state index contributed by atoms with van der Waals surface area (Å²) in [5.41, 5.74) is 1.32. The van der Waals surface area contributed by atoms with Crippen molar-refractivity contribution in [1.82, 2.24) is 15.5 Å². The van der Waals surface area contributed by atoms with Crippen LogP contribution in [-0.2, 0) is 4.79 Å². The second-order valence-electron chi connectivity index (χ2n) is 5.97. The van der Waals surface area contributed by atoms with E-state index < -0.39 is 0 Å². The highest BCUT2D eigenvalue weighted by molar-refractivity contribution is 7.80. The molecule has 0 saturated heterocycles. The number of benzene rings is 1.